The fraction of sp³-hybridized carbons (Fsp3) is 0.133. The Balaban J connectivity index is 1.09. The van der Waals surface area contributed by atoms with Gasteiger partial charge in [0.1, 0.15) is 0 Å². The number of hydrogen-bond donors (Lipinski definition) is 2. The minimum absolute atomic E-state index is 0.963. The molecule has 0 aliphatic heterocycles. The first-order valence-electron chi connectivity index (χ1n) is 11.9. The summed E-state index contributed by atoms with van der Waals surface area (Å²) < 4.78 is 4.52. The van der Waals surface area contributed by atoms with Crippen LogP contribution in [0.15, 0.2) is 110 Å². The molecule has 0 aliphatic carbocycles. The number of fused-ring (bicyclic) bond motifs is 2. The molecule has 0 radical (unpaired) electrons. The summed E-state index contributed by atoms with van der Waals surface area (Å²) in [6, 6.07) is 25.8. The van der Waals surface area contributed by atoms with E-state index < -0.39 is 0 Å². The molecule has 0 amide bonds. The summed E-state index contributed by atoms with van der Waals surface area (Å²) >= 11 is 0. The molecule has 2 aromatic carbocycles. The highest BCUT2D eigenvalue weighted by Crippen LogP contribution is 2.20. The Morgan fingerprint density at radius 1 is 0.500 bits per heavy atom. The molecule has 4 nitrogen and oxygen atoms in total. The summed E-state index contributed by atoms with van der Waals surface area (Å²) in [6.07, 6.45) is 15.0. The maximum absolute atomic E-state index is 3.37. The Morgan fingerprint density at radius 2 is 0.912 bits per heavy atom. The van der Waals surface area contributed by atoms with Crippen molar-refractivity contribution in [3.05, 3.63) is 121 Å². The lowest BCUT2D eigenvalue weighted by atomic mass is 10.1. The highest BCUT2D eigenvalue weighted by molar-refractivity contribution is 5.83. The van der Waals surface area contributed by atoms with Crippen molar-refractivity contribution in [1.29, 1.82) is 0 Å². The standard InChI is InChI=1S/C30H27N4/c1-3-7-29-27(5-1)25(21-31-29)13-19-33-15-9-23(10-16-33)24-11-17-34(18-12-24)20-14-26-22-32-30-8-4-2-6-28(26)30/h1-12,15-18,21-22,31H,13-14,19-20H2/q+1/p+1. The maximum atomic E-state index is 3.37. The largest absolute Gasteiger partial charge is 0.361 e. The minimum atomic E-state index is 0.963. The Labute approximate surface area is 199 Å². The summed E-state index contributed by atoms with van der Waals surface area (Å²) in [7, 11) is 0. The predicted octanol–water partition coefficient (Wildman–Crippen LogP) is 5.38. The lowest BCUT2D eigenvalue weighted by Crippen LogP contribution is -2.34. The lowest BCUT2D eigenvalue weighted by Gasteiger charge is -2.02. The van der Waals surface area contributed by atoms with Gasteiger partial charge in [-0.3, -0.25) is 0 Å². The van der Waals surface area contributed by atoms with Gasteiger partial charge in [-0.2, -0.15) is 0 Å². The van der Waals surface area contributed by atoms with Gasteiger partial charge in [-0.05, 0) is 34.4 Å². The first-order chi connectivity index (χ1) is 16.8. The fourth-order valence-corrected chi connectivity index (χ4v) is 4.77. The maximum Gasteiger partial charge on any atom is 0.169 e. The average Bonchev–Trinajstić information content (AvgIpc) is 3.51. The van der Waals surface area contributed by atoms with Gasteiger partial charge in [0.25, 0.3) is 0 Å². The predicted molar refractivity (Wildman–Crippen MR) is 136 cm³/mol. The van der Waals surface area contributed by atoms with E-state index in [4.69, 9.17) is 0 Å². The van der Waals surface area contributed by atoms with Crippen molar-refractivity contribution >= 4 is 21.8 Å². The molecule has 0 bridgehead atoms. The van der Waals surface area contributed by atoms with Gasteiger partial charge in [-0.25, -0.2) is 9.13 Å². The molecule has 4 heteroatoms. The SMILES string of the molecule is c1ccc2c(CC[n+]3ccc(-c4cc[n+](CCc5c[nH]c6ccccc56)cc4)cc3)c[nH]c2c1. The van der Waals surface area contributed by atoms with Crippen LogP contribution in [0.3, 0.4) is 0 Å². The number of aromatic amines is 2. The van der Waals surface area contributed by atoms with Gasteiger partial charge in [0.05, 0.1) is 0 Å². The molecule has 0 saturated heterocycles. The van der Waals surface area contributed by atoms with E-state index in [1.165, 1.54) is 44.1 Å². The molecule has 166 valence electrons. The van der Waals surface area contributed by atoms with Gasteiger partial charge in [0.15, 0.2) is 37.9 Å². The zero-order valence-electron chi connectivity index (χ0n) is 19.1. The van der Waals surface area contributed by atoms with Crippen molar-refractivity contribution < 1.29 is 9.13 Å². The van der Waals surface area contributed by atoms with E-state index in [0.29, 0.717) is 0 Å². The van der Waals surface area contributed by atoms with E-state index in [-0.39, 0.29) is 0 Å². The molecular formula is C30H28N4+2. The second kappa shape index (κ2) is 8.99. The van der Waals surface area contributed by atoms with Gasteiger partial charge < -0.3 is 9.97 Å². The van der Waals surface area contributed by atoms with Gasteiger partial charge in [-0.1, -0.05) is 36.4 Å². The van der Waals surface area contributed by atoms with Gasteiger partial charge >= 0.3 is 0 Å². The summed E-state index contributed by atoms with van der Waals surface area (Å²) in [4.78, 5) is 6.74. The fourth-order valence-electron chi connectivity index (χ4n) is 4.77. The summed E-state index contributed by atoms with van der Waals surface area (Å²) in [5.74, 6) is 0. The van der Waals surface area contributed by atoms with Gasteiger partial charge in [-0.15, -0.1) is 0 Å². The van der Waals surface area contributed by atoms with E-state index in [9.17, 15) is 0 Å². The number of nitrogens with one attached hydrogen (secondary N) is 2. The van der Waals surface area contributed by atoms with Crippen LogP contribution in [0, 0.1) is 0 Å². The Kier molecular flexibility index (Phi) is 5.40. The van der Waals surface area contributed by atoms with Crippen LogP contribution in [-0.4, -0.2) is 9.97 Å². The molecule has 6 rings (SSSR count). The highest BCUT2D eigenvalue weighted by Gasteiger charge is 2.10. The molecule has 4 aromatic heterocycles. The molecule has 0 spiro atoms. The van der Waals surface area contributed by atoms with E-state index >= 15 is 0 Å². The number of aromatic nitrogens is 4. The topological polar surface area (TPSA) is 39.3 Å². The average molecular weight is 445 g/mol. The molecule has 0 unspecified atom stereocenters. The molecular weight excluding hydrogens is 416 g/mol. The Morgan fingerprint density at radius 3 is 1.35 bits per heavy atom. The van der Waals surface area contributed by atoms with Crippen molar-refractivity contribution in [2.75, 3.05) is 0 Å². The van der Waals surface area contributed by atoms with Crippen LogP contribution in [-0.2, 0) is 25.9 Å². The number of hydrogen-bond acceptors (Lipinski definition) is 0. The van der Waals surface area contributed by atoms with E-state index in [0.717, 1.165) is 25.9 Å². The van der Waals surface area contributed by atoms with Crippen LogP contribution in [0.4, 0.5) is 0 Å². The normalized spacial score (nSPS) is 11.4. The molecule has 4 heterocycles. The summed E-state index contributed by atoms with van der Waals surface area (Å²) in [6.45, 7) is 1.93. The number of aryl methyl sites for hydroxylation is 4. The van der Waals surface area contributed by atoms with Crippen molar-refractivity contribution in [2.24, 2.45) is 0 Å². The second-order valence-corrected chi connectivity index (χ2v) is 8.87. The van der Waals surface area contributed by atoms with Crippen molar-refractivity contribution in [3.63, 3.8) is 0 Å². The van der Waals surface area contributed by atoms with Crippen LogP contribution in [0.25, 0.3) is 32.9 Å². The van der Waals surface area contributed by atoms with Crippen LogP contribution >= 0.6 is 0 Å². The van der Waals surface area contributed by atoms with Crippen LogP contribution in [0.2, 0.25) is 0 Å². The van der Waals surface area contributed by atoms with Gasteiger partial charge in [0.2, 0.25) is 0 Å². The number of benzene rings is 2. The first kappa shape index (κ1) is 20.4. The third kappa shape index (κ3) is 4.11. The number of para-hydroxylation sites is 2. The third-order valence-corrected chi connectivity index (χ3v) is 6.74. The van der Waals surface area contributed by atoms with Crippen molar-refractivity contribution in [3.8, 4) is 11.1 Å². The van der Waals surface area contributed by atoms with E-state index in [2.05, 4.69) is 129 Å². The molecule has 0 saturated carbocycles. The van der Waals surface area contributed by atoms with E-state index in [1.54, 1.807) is 0 Å². The molecule has 0 atom stereocenters. The zero-order valence-corrected chi connectivity index (χ0v) is 19.1. The minimum Gasteiger partial charge on any atom is -0.361 e. The smallest absolute Gasteiger partial charge is 0.169 e. The molecule has 34 heavy (non-hydrogen) atoms. The highest BCUT2D eigenvalue weighted by atomic mass is 14.9. The number of rotatable bonds is 7. The Bertz CT molecular complexity index is 1420. The van der Waals surface area contributed by atoms with Crippen LogP contribution < -0.4 is 9.13 Å². The van der Waals surface area contributed by atoms with Crippen LogP contribution in [0.5, 0.6) is 0 Å². The van der Waals surface area contributed by atoms with E-state index in [1.807, 2.05) is 0 Å². The summed E-state index contributed by atoms with van der Waals surface area (Å²) in [5.41, 5.74) is 7.64. The van der Waals surface area contributed by atoms with Gasteiger partial charge in [0, 0.05) is 71.3 Å². The Hall–Kier alpha value is -4.18. The molecule has 0 fully saturated rings. The molecule has 0 aliphatic rings. The molecule has 2 N–H and O–H groups in total. The number of H-pyrrole nitrogens is 2. The van der Waals surface area contributed by atoms with Crippen molar-refractivity contribution in [1.82, 2.24) is 9.97 Å². The monoisotopic (exact) mass is 444 g/mol. The number of nitrogens with zero attached hydrogens (tertiary/aromatic N) is 2. The first-order valence-corrected chi connectivity index (χ1v) is 11.9. The number of pyridine rings is 2. The zero-order chi connectivity index (χ0) is 22.7. The quantitative estimate of drug-likeness (QED) is 0.311. The summed E-state index contributed by atoms with van der Waals surface area (Å²) in [5, 5.41) is 2.64. The third-order valence-electron chi connectivity index (χ3n) is 6.74. The van der Waals surface area contributed by atoms with Crippen LogP contribution in [0.1, 0.15) is 11.1 Å². The van der Waals surface area contributed by atoms with Crippen molar-refractivity contribution in [2.45, 2.75) is 25.9 Å². The second-order valence-electron chi connectivity index (χ2n) is 8.87. The molecule has 6 aromatic rings. The lowest BCUT2D eigenvalue weighted by molar-refractivity contribution is -0.696.